The minimum atomic E-state index is -0.0964. The van der Waals surface area contributed by atoms with Crippen LogP contribution < -0.4 is 5.73 Å². The second-order valence-electron chi connectivity index (χ2n) is 7.27. The summed E-state index contributed by atoms with van der Waals surface area (Å²) in [7, 11) is 0. The van der Waals surface area contributed by atoms with Gasteiger partial charge in [0.1, 0.15) is 0 Å². The van der Waals surface area contributed by atoms with Gasteiger partial charge in [-0.05, 0) is 75.2 Å². The van der Waals surface area contributed by atoms with Gasteiger partial charge in [0.15, 0.2) is 5.78 Å². The van der Waals surface area contributed by atoms with Gasteiger partial charge in [-0.15, -0.1) is 0 Å². The molecule has 21 heavy (non-hydrogen) atoms. The number of Topliss-reactive ketones (excluding diaryl/α,β-unsaturated/α-hetero) is 1. The fourth-order valence-corrected chi connectivity index (χ4v) is 4.10. The van der Waals surface area contributed by atoms with Crippen molar-refractivity contribution in [3.63, 3.8) is 0 Å². The van der Waals surface area contributed by atoms with Gasteiger partial charge in [0.25, 0.3) is 0 Å². The minimum Gasteiger partial charge on any atom is -0.399 e. The number of rotatable bonds is 2. The first-order valence-electron chi connectivity index (χ1n) is 8.32. The molecule has 1 aromatic carbocycles. The summed E-state index contributed by atoms with van der Waals surface area (Å²) in [6, 6.07) is 5.86. The van der Waals surface area contributed by atoms with Crippen molar-refractivity contribution in [1.82, 2.24) is 4.90 Å². The summed E-state index contributed by atoms with van der Waals surface area (Å²) < 4.78 is 0. The van der Waals surface area contributed by atoms with Gasteiger partial charge in [0, 0.05) is 23.2 Å². The van der Waals surface area contributed by atoms with Gasteiger partial charge in [-0.2, -0.15) is 0 Å². The lowest BCUT2D eigenvalue weighted by molar-refractivity contribution is 0.0534. The molecule has 2 aliphatic carbocycles. The van der Waals surface area contributed by atoms with E-state index in [2.05, 4.69) is 4.90 Å². The molecule has 3 nitrogen and oxygen atoms in total. The highest BCUT2D eigenvalue weighted by atomic mass is 16.1. The number of benzene rings is 1. The Morgan fingerprint density at radius 3 is 2.67 bits per heavy atom. The highest BCUT2D eigenvalue weighted by Crippen LogP contribution is 2.44. The number of hydrogen-bond donors (Lipinski definition) is 1. The lowest BCUT2D eigenvalue weighted by Gasteiger charge is -2.43. The first-order chi connectivity index (χ1) is 10.2. The van der Waals surface area contributed by atoms with E-state index in [0.717, 1.165) is 50.3 Å². The fraction of sp³-hybridized carbons (Fsp3) is 0.611. The number of hydrogen-bond acceptors (Lipinski definition) is 3. The van der Waals surface area contributed by atoms with Crippen molar-refractivity contribution >= 4 is 11.5 Å². The number of carbonyl (C=O) groups excluding carboxylic acids is 1. The van der Waals surface area contributed by atoms with Crippen LogP contribution in [0.4, 0.5) is 5.69 Å². The van der Waals surface area contributed by atoms with Crippen molar-refractivity contribution in [3.8, 4) is 0 Å². The molecule has 0 amide bonds. The third-order valence-corrected chi connectivity index (χ3v) is 5.76. The van der Waals surface area contributed by atoms with Gasteiger partial charge in [0.05, 0.1) is 0 Å². The molecule has 3 heteroatoms. The molecule has 2 N–H and O–H groups in total. The predicted molar refractivity (Wildman–Crippen MR) is 84.3 cm³/mol. The van der Waals surface area contributed by atoms with Crippen LogP contribution in [0.2, 0.25) is 0 Å². The Bertz CT molecular complexity index is 569. The zero-order valence-electron chi connectivity index (χ0n) is 12.6. The van der Waals surface area contributed by atoms with Crippen LogP contribution in [-0.2, 0) is 6.42 Å². The number of likely N-dealkylation sites (tertiary alicyclic amines) is 1. The van der Waals surface area contributed by atoms with Gasteiger partial charge >= 0.3 is 0 Å². The topological polar surface area (TPSA) is 46.3 Å². The maximum absolute atomic E-state index is 13.0. The number of fused-ring (bicyclic) bond motifs is 1. The smallest absolute Gasteiger partial charge is 0.169 e. The first-order valence-corrected chi connectivity index (χ1v) is 8.32. The molecule has 2 fully saturated rings. The lowest BCUT2D eigenvalue weighted by atomic mass is 9.65. The van der Waals surface area contributed by atoms with E-state index in [-0.39, 0.29) is 5.41 Å². The molecule has 0 radical (unpaired) electrons. The summed E-state index contributed by atoms with van der Waals surface area (Å²) in [6.07, 6.45) is 6.95. The quantitative estimate of drug-likeness (QED) is 0.849. The molecule has 112 valence electrons. The van der Waals surface area contributed by atoms with Crippen molar-refractivity contribution in [2.75, 3.05) is 25.4 Å². The van der Waals surface area contributed by atoms with E-state index in [1.165, 1.54) is 24.9 Å². The second kappa shape index (κ2) is 4.84. The average Bonchev–Trinajstić information content (AvgIpc) is 3.30. The van der Waals surface area contributed by atoms with E-state index >= 15 is 0 Å². The van der Waals surface area contributed by atoms with Crippen LogP contribution in [0.5, 0.6) is 0 Å². The molecular weight excluding hydrogens is 260 g/mol. The van der Waals surface area contributed by atoms with Gasteiger partial charge < -0.3 is 10.6 Å². The molecular formula is C18H24N2O. The molecule has 0 unspecified atom stereocenters. The Balaban J connectivity index is 1.52. The monoisotopic (exact) mass is 284 g/mol. The van der Waals surface area contributed by atoms with Crippen LogP contribution in [0.3, 0.4) is 0 Å². The van der Waals surface area contributed by atoms with Crippen LogP contribution in [0.25, 0.3) is 0 Å². The number of aryl methyl sites for hydroxylation is 1. The van der Waals surface area contributed by atoms with Crippen molar-refractivity contribution in [2.45, 2.75) is 38.5 Å². The molecule has 1 aliphatic heterocycles. The Labute approximate surface area is 126 Å². The van der Waals surface area contributed by atoms with E-state index in [4.69, 9.17) is 5.73 Å². The molecule has 0 atom stereocenters. The van der Waals surface area contributed by atoms with Crippen LogP contribution in [-0.4, -0.2) is 30.3 Å². The van der Waals surface area contributed by atoms with E-state index in [9.17, 15) is 4.79 Å². The normalized spacial score (nSPS) is 25.0. The number of carbonyl (C=O) groups is 1. The second-order valence-corrected chi connectivity index (χ2v) is 7.27. The van der Waals surface area contributed by atoms with Gasteiger partial charge in [-0.1, -0.05) is 6.07 Å². The first kappa shape index (κ1) is 13.3. The zero-order chi connectivity index (χ0) is 14.4. The van der Waals surface area contributed by atoms with Crippen LogP contribution in [0.15, 0.2) is 18.2 Å². The zero-order valence-corrected chi connectivity index (χ0v) is 12.6. The van der Waals surface area contributed by atoms with Gasteiger partial charge in [0.2, 0.25) is 0 Å². The summed E-state index contributed by atoms with van der Waals surface area (Å²) in [6.45, 7) is 3.45. The summed E-state index contributed by atoms with van der Waals surface area (Å²) in [5.41, 5.74) is 8.60. The SMILES string of the molecule is Nc1ccc2c(c1)C(=O)C1(CC2)CCN(CC2CC2)CC1. The number of nitrogens with two attached hydrogens (primary N) is 1. The van der Waals surface area contributed by atoms with E-state index in [0.29, 0.717) is 11.5 Å². The standard InChI is InChI=1S/C18H24N2O/c19-15-4-3-14-5-6-18(17(21)16(14)11-15)7-9-20(10-8-18)12-13-1-2-13/h3-4,11,13H,1-2,5-10,12,19H2. The van der Waals surface area contributed by atoms with E-state index in [1.807, 2.05) is 18.2 Å². The maximum atomic E-state index is 13.0. The maximum Gasteiger partial charge on any atom is 0.169 e. The van der Waals surface area contributed by atoms with Gasteiger partial charge in [-0.3, -0.25) is 4.79 Å². The highest BCUT2D eigenvalue weighted by molar-refractivity contribution is 6.03. The number of anilines is 1. The fourth-order valence-electron chi connectivity index (χ4n) is 4.10. The van der Waals surface area contributed by atoms with Crippen molar-refractivity contribution in [2.24, 2.45) is 11.3 Å². The van der Waals surface area contributed by atoms with Crippen molar-refractivity contribution in [1.29, 1.82) is 0 Å². The average molecular weight is 284 g/mol. The Morgan fingerprint density at radius 2 is 1.95 bits per heavy atom. The summed E-state index contributed by atoms with van der Waals surface area (Å²) >= 11 is 0. The minimum absolute atomic E-state index is 0.0964. The highest BCUT2D eigenvalue weighted by Gasteiger charge is 2.44. The molecule has 1 spiro atoms. The molecule has 1 saturated heterocycles. The largest absolute Gasteiger partial charge is 0.399 e. The molecule has 3 aliphatic rings. The van der Waals surface area contributed by atoms with Crippen molar-refractivity contribution < 1.29 is 4.79 Å². The third kappa shape index (κ3) is 2.38. The van der Waals surface area contributed by atoms with Crippen LogP contribution in [0, 0.1) is 11.3 Å². The lowest BCUT2D eigenvalue weighted by Crippen LogP contribution is -2.46. The van der Waals surface area contributed by atoms with Crippen LogP contribution in [0.1, 0.15) is 48.0 Å². The Morgan fingerprint density at radius 1 is 1.19 bits per heavy atom. The number of nitrogens with zero attached hydrogens (tertiary/aromatic N) is 1. The van der Waals surface area contributed by atoms with Crippen molar-refractivity contribution in [3.05, 3.63) is 29.3 Å². The Hall–Kier alpha value is -1.35. The molecule has 4 rings (SSSR count). The summed E-state index contributed by atoms with van der Waals surface area (Å²) in [5.74, 6) is 1.31. The summed E-state index contributed by atoms with van der Waals surface area (Å²) in [5, 5.41) is 0. The van der Waals surface area contributed by atoms with Gasteiger partial charge in [-0.25, -0.2) is 0 Å². The Kier molecular flexibility index (Phi) is 3.07. The molecule has 1 aromatic rings. The molecule has 0 aromatic heterocycles. The molecule has 0 bridgehead atoms. The van der Waals surface area contributed by atoms with E-state index in [1.54, 1.807) is 0 Å². The van der Waals surface area contributed by atoms with Crippen LogP contribution >= 0.6 is 0 Å². The number of piperidine rings is 1. The number of ketones is 1. The predicted octanol–water partition coefficient (Wildman–Crippen LogP) is 2.89. The van der Waals surface area contributed by atoms with E-state index < -0.39 is 0 Å². The molecule has 1 heterocycles. The number of nitrogen functional groups attached to an aromatic ring is 1. The third-order valence-electron chi connectivity index (χ3n) is 5.76. The molecule has 1 saturated carbocycles. The summed E-state index contributed by atoms with van der Waals surface area (Å²) in [4.78, 5) is 15.6.